The number of nitrogens with two attached hydrogens (primary N) is 1. The molecular formula is C20H22F2N2OS. The van der Waals surface area contributed by atoms with E-state index in [1.165, 1.54) is 0 Å². The Hall–Kier alpha value is -2.21. The molecule has 0 aromatic heterocycles. The lowest BCUT2D eigenvalue weighted by atomic mass is 9.87. The first-order valence-corrected chi connectivity index (χ1v) is 8.98. The molecule has 1 aliphatic rings. The van der Waals surface area contributed by atoms with E-state index < -0.39 is 19.3 Å². The van der Waals surface area contributed by atoms with Gasteiger partial charge in [0.15, 0.2) is 0 Å². The Kier molecular flexibility index (Phi) is 5.41. The molecule has 26 heavy (non-hydrogen) atoms. The van der Waals surface area contributed by atoms with Gasteiger partial charge in [-0.05, 0) is 30.2 Å². The van der Waals surface area contributed by atoms with Gasteiger partial charge in [-0.15, -0.1) is 0 Å². The Labute approximate surface area is 157 Å². The molecule has 0 amide bonds. The number of halogens is 2. The number of nitrogens with zero attached hydrogens (tertiary/aromatic N) is 1. The molecule has 6 heteroatoms. The lowest BCUT2D eigenvalue weighted by molar-refractivity contribution is 0.287. The largest absolute Gasteiger partial charge is 0.508 e. The zero-order valence-electron chi connectivity index (χ0n) is 14.5. The number of thiocarbonyl (C=S) groups is 1. The molecule has 3 N–H and O–H groups in total. The highest BCUT2D eigenvalue weighted by atomic mass is 32.1. The summed E-state index contributed by atoms with van der Waals surface area (Å²) in [6, 6.07) is 12.9. The third-order valence-corrected chi connectivity index (χ3v) is 5.29. The molecule has 0 spiro atoms. The van der Waals surface area contributed by atoms with E-state index in [0.29, 0.717) is 4.99 Å². The average molecular weight is 376 g/mol. The number of hydrogen-bond acceptors (Lipinski definition) is 3. The number of phenols is 1. The molecule has 3 nitrogen and oxygen atoms in total. The summed E-state index contributed by atoms with van der Waals surface area (Å²) >= 11 is 5.08. The van der Waals surface area contributed by atoms with E-state index in [0.717, 1.165) is 22.4 Å². The Morgan fingerprint density at radius 3 is 2.62 bits per heavy atom. The maximum absolute atomic E-state index is 13.1. The van der Waals surface area contributed by atoms with E-state index in [1.807, 2.05) is 42.2 Å². The minimum absolute atomic E-state index is 0.000211. The van der Waals surface area contributed by atoms with Gasteiger partial charge in [0, 0.05) is 41.7 Å². The van der Waals surface area contributed by atoms with Crippen molar-refractivity contribution in [3.63, 3.8) is 0 Å². The van der Waals surface area contributed by atoms with Gasteiger partial charge in [0.25, 0.3) is 0 Å². The molecule has 2 aromatic carbocycles. The summed E-state index contributed by atoms with van der Waals surface area (Å²) in [6.07, 6.45) is 0. The van der Waals surface area contributed by atoms with Gasteiger partial charge >= 0.3 is 0 Å². The summed E-state index contributed by atoms with van der Waals surface area (Å²) in [5.41, 5.74) is 9.42. The van der Waals surface area contributed by atoms with Crippen LogP contribution in [0.15, 0.2) is 42.5 Å². The number of aromatic hydroxyl groups is 1. The number of anilines is 1. The molecule has 2 aromatic rings. The van der Waals surface area contributed by atoms with E-state index in [-0.39, 0.29) is 24.3 Å². The fourth-order valence-corrected chi connectivity index (χ4v) is 3.86. The van der Waals surface area contributed by atoms with Crippen molar-refractivity contribution in [3.05, 3.63) is 59.2 Å². The molecule has 1 heterocycles. The zero-order chi connectivity index (χ0) is 18.8. The highest BCUT2D eigenvalue weighted by molar-refractivity contribution is 7.80. The van der Waals surface area contributed by atoms with Gasteiger partial charge in [-0.3, -0.25) is 8.78 Å². The van der Waals surface area contributed by atoms with Gasteiger partial charge in [-0.1, -0.05) is 36.5 Å². The van der Waals surface area contributed by atoms with Crippen molar-refractivity contribution in [2.45, 2.75) is 18.9 Å². The van der Waals surface area contributed by atoms with Crippen LogP contribution in [0, 0.1) is 5.92 Å². The topological polar surface area (TPSA) is 49.5 Å². The highest BCUT2D eigenvalue weighted by Gasteiger charge is 2.37. The van der Waals surface area contributed by atoms with Crippen molar-refractivity contribution in [2.24, 2.45) is 11.7 Å². The molecule has 2 unspecified atom stereocenters. The summed E-state index contributed by atoms with van der Waals surface area (Å²) in [5.74, 6) is -0.551. The fourth-order valence-electron chi connectivity index (χ4n) is 3.73. The third kappa shape index (κ3) is 3.38. The molecule has 1 aliphatic heterocycles. The van der Waals surface area contributed by atoms with Gasteiger partial charge in [0.2, 0.25) is 0 Å². The van der Waals surface area contributed by atoms with Crippen LogP contribution < -0.4 is 10.6 Å². The number of benzene rings is 2. The quantitative estimate of drug-likeness (QED) is 0.750. The number of alkyl halides is 2. The molecule has 0 radical (unpaired) electrons. The van der Waals surface area contributed by atoms with E-state index >= 15 is 0 Å². The summed E-state index contributed by atoms with van der Waals surface area (Å²) in [6.45, 7) is 0.865. The monoisotopic (exact) mass is 376 g/mol. The molecule has 0 saturated heterocycles. The minimum Gasteiger partial charge on any atom is -0.508 e. The van der Waals surface area contributed by atoms with Crippen LogP contribution in [0.5, 0.6) is 5.75 Å². The lowest BCUT2D eigenvalue weighted by Gasteiger charge is -2.30. The predicted octanol–water partition coefficient (Wildman–Crippen LogP) is 3.92. The maximum atomic E-state index is 13.1. The second kappa shape index (κ2) is 7.58. The third-order valence-electron chi connectivity index (χ3n) is 5.05. The summed E-state index contributed by atoms with van der Waals surface area (Å²) in [4.78, 5) is 2.31. The van der Waals surface area contributed by atoms with Crippen LogP contribution in [0.25, 0.3) is 0 Å². The van der Waals surface area contributed by atoms with Crippen LogP contribution >= 0.6 is 12.2 Å². The molecule has 0 saturated carbocycles. The SMILES string of the molecule is CC1C(c2cccc(C(N)=S)c2)c2ccc(O)cc2N1CC(CF)CF. The van der Waals surface area contributed by atoms with Crippen LogP contribution in [0.1, 0.15) is 29.5 Å². The Morgan fingerprint density at radius 1 is 1.23 bits per heavy atom. The number of rotatable bonds is 6. The second-order valence-electron chi connectivity index (χ2n) is 6.78. The van der Waals surface area contributed by atoms with Crippen LogP contribution in [0.2, 0.25) is 0 Å². The smallest absolute Gasteiger partial charge is 0.117 e. The van der Waals surface area contributed by atoms with Crippen LogP contribution in [0.3, 0.4) is 0 Å². The molecule has 3 rings (SSSR count). The van der Waals surface area contributed by atoms with Gasteiger partial charge in [-0.25, -0.2) is 0 Å². The summed E-state index contributed by atoms with van der Waals surface area (Å²) in [5, 5.41) is 9.91. The number of hydrogen-bond donors (Lipinski definition) is 2. The predicted molar refractivity (Wildman–Crippen MR) is 105 cm³/mol. The van der Waals surface area contributed by atoms with Crippen LogP contribution in [-0.4, -0.2) is 36.0 Å². The van der Waals surface area contributed by atoms with E-state index in [4.69, 9.17) is 18.0 Å². The van der Waals surface area contributed by atoms with Crippen LogP contribution in [-0.2, 0) is 0 Å². The second-order valence-corrected chi connectivity index (χ2v) is 7.22. The van der Waals surface area contributed by atoms with Crippen molar-refractivity contribution < 1.29 is 13.9 Å². The Bertz CT molecular complexity index is 810. The van der Waals surface area contributed by atoms with Crippen LogP contribution in [0.4, 0.5) is 14.5 Å². The van der Waals surface area contributed by atoms with Crippen molar-refractivity contribution >= 4 is 22.9 Å². The average Bonchev–Trinajstić information content (AvgIpc) is 2.90. The molecule has 0 fully saturated rings. The van der Waals surface area contributed by atoms with Gasteiger partial charge in [-0.2, -0.15) is 0 Å². The van der Waals surface area contributed by atoms with E-state index in [2.05, 4.69) is 0 Å². The fraction of sp³-hybridized carbons (Fsp3) is 0.350. The van der Waals surface area contributed by atoms with E-state index in [9.17, 15) is 13.9 Å². The number of fused-ring (bicyclic) bond motifs is 1. The maximum Gasteiger partial charge on any atom is 0.117 e. The molecule has 0 aliphatic carbocycles. The van der Waals surface area contributed by atoms with Crippen molar-refractivity contribution in [3.8, 4) is 5.75 Å². The van der Waals surface area contributed by atoms with Gasteiger partial charge < -0.3 is 15.7 Å². The van der Waals surface area contributed by atoms with Crippen molar-refractivity contribution in [1.29, 1.82) is 0 Å². The molecule has 0 bridgehead atoms. The minimum atomic E-state index is -0.713. The first-order valence-electron chi connectivity index (χ1n) is 8.57. The Morgan fingerprint density at radius 2 is 1.96 bits per heavy atom. The van der Waals surface area contributed by atoms with Gasteiger partial charge in [0.1, 0.15) is 10.7 Å². The van der Waals surface area contributed by atoms with Crippen molar-refractivity contribution in [1.82, 2.24) is 0 Å². The van der Waals surface area contributed by atoms with E-state index in [1.54, 1.807) is 12.1 Å². The Balaban J connectivity index is 2.05. The van der Waals surface area contributed by atoms with Gasteiger partial charge in [0.05, 0.1) is 13.3 Å². The molecule has 138 valence electrons. The summed E-state index contributed by atoms with van der Waals surface area (Å²) < 4.78 is 26.2. The van der Waals surface area contributed by atoms with Crippen molar-refractivity contribution in [2.75, 3.05) is 24.8 Å². The first-order chi connectivity index (χ1) is 12.5. The zero-order valence-corrected chi connectivity index (χ0v) is 15.3. The standard InChI is InChI=1S/C20H22F2N2OS/c1-12-19(14-3-2-4-15(7-14)20(23)26)17-6-5-16(25)8-18(17)24(12)11-13(9-21)10-22/h2-8,12-13,19,25H,9-11H2,1H3,(H2,23,26). The molecule has 2 atom stereocenters. The first kappa shape index (κ1) is 18.6. The number of phenolic OH excluding ortho intramolecular Hbond substituents is 1. The lowest BCUT2D eigenvalue weighted by Crippen LogP contribution is -2.37. The molecular weight excluding hydrogens is 354 g/mol. The highest BCUT2D eigenvalue weighted by Crippen LogP contribution is 2.46. The normalized spacial score (nSPS) is 19.0. The summed E-state index contributed by atoms with van der Waals surface area (Å²) in [7, 11) is 0.